The van der Waals surface area contributed by atoms with Crippen molar-refractivity contribution in [2.45, 2.75) is 64.2 Å². The van der Waals surface area contributed by atoms with Crippen LogP contribution in [-0.2, 0) is 4.79 Å². The standard InChI is InChI=1S/C14H27NO2/c15-13-11-9-7-5-3-1-2-4-6-8-10-12-14(16)17/h10,12H,1-9,11,13,15H2,(H,16,17)/b12-10+. The van der Waals surface area contributed by atoms with Crippen LogP contribution < -0.4 is 5.73 Å². The quantitative estimate of drug-likeness (QED) is 0.406. The minimum atomic E-state index is -0.845. The summed E-state index contributed by atoms with van der Waals surface area (Å²) in [5, 5.41) is 8.38. The van der Waals surface area contributed by atoms with Gasteiger partial charge in [0.05, 0.1) is 0 Å². The zero-order chi connectivity index (χ0) is 12.8. The van der Waals surface area contributed by atoms with Crippen LogP contribution in [0.1, 0.15) is 64.2 Å². The molecule has 0 aliphatic heterocycles. The van der Waals surface area contributed by atoms with Gasteiger partial charge in [-0.05, 0) is 25.8 Å². The lowest BCUT2D eigenvalue weighted by molar-refractivity contribution is -0.131. The predicted molar refractivity (Wildman–Crippen MR) is 72.0 cm³/mol. The summed E-state index contributed by atoms with van der Waals surface area (Å²) < 4.78 is 0. The molecule has 17 heavy (non-hydrogen) atoms. The van der Waals surface area contributed by atoms with Crippen molar-refractivity contribution in [1.82, 2.24) is 0 Å². The Kier molecular flexibility index (Phi) is 12.6. The summed E-state index contributed by atoms with van der Waals surface area (Å²) in [4.78, 5) is 10.2. The Balaban J connectivity index is 3.01. The summed E-state index contributed by atoms with van der Waals surface area (Å²) in [5.74, 6) is -0.845. The summed E-state index contributed by atoms with van der Waals surface area (Å²) in [6.07, 6.45) is 15.2. The van der Waals surface area contributed by atoms with Crippen molar-refractivity contribution in [3.8, 4) is 0 Å². The monoisotopic (exact) mass is 241 g/mol. The van der Waals surface area contributed by atoms with Crippen molar-refractivity contribution < 1.29 is 9.90 Å². The minimum Gasteiger partial charge on any atom is -0.478 e. The van der Waals surface area contributed by atoms with Crippen LogP contribution in [0.2, 0.25) is 0 Å². The molecule has 0 fully saturated rings. The summed E-state index contributed by atoms with van der Waals surface area (Å²) in [5.41, 5.74) is 5.43. The molecule has 0 aromatic carbocycles. The molecule has 0 aromatic rings. The number of carboxylic acid groups (broad SMARTS) is 1. The van der Waals surface area contributed by atoms with E-state index < -0.39 is 5.97 Å². The van der Waals surface area contributed by atoms with Crippen LogP contribution in [0.25, 0.3) is 0 Å². The highest BCUT2D eigenvalue weighted by Gasteiger charge is 1.92. The van der Waals surface area contributed by atoms with Crippen LogP contribution in [0.3, 0.4) is 0 Å². The second-order valence-electron chi connectivity index (χ2n) is 4.50. The highest BCUT2D eigenvalue weighted by molar-refractivity contribution is 5.79. The minimum absolute atomic E-state index is 0.823. The highest BCUT2D eigenvalue weighted by atomic mass is 16.4. The third-order valence-corrected chi connectivity index (χ3v) is 2.84. The number of hydrogen-bond acceptors (Lipinski definition) is 2. The lowest BCUT2D eigenvalue weighted by Crippen LogP contribution is -1.97. The van der Waals surface area contributed by atoms with Crippen molar-refractivity contribution in [1.29, 1.82) is 0 Å². The maximum absolute atomic E-state index is 10.2. The number of nitrogens with two attached hydrogens (primary N) is 1. The molecule has 0 aliphatic rings. The van der Waals surface area contributed by atoms with Crippen LogP contribution in [0.15, 0.2) is 12.2 Å². The van der Waals surface area contributed by atoms with Crippen LogP contribution in [-0.4, -0.2) is 17.6 Å². The van der Waals surface area contributed by atoms with E-state index in [0.29, 0.717) is 0 Å². The molecule has 0 radical (unpaired) electrons. The van der Waals surface area contributed by atoms with Crippen LogP contribution in [0, 0.1) is 0 Å². The van der Waals surface area contributed by atoms with Gasteiger partial charge in [-0.3, -0.25) is 0 Å². The molecule has 100 valence electrons. The summed E-state index contributed by atoms with van der Waals surface area (Å²) >= 11 is 0. The third kappa shape index (κ3) is 15.2. The molecule has 3 N–H and O–H groups in total. The third-order valence-electron chi connectivity index (χ3n) is 2.84. The molecule has 0 amide bonds. The van der Waals surface area contributed by atoms with Crippen molar-refractivity contribution in [2.24, 2.45) is 5.73 Å². The van der Waals surface area contributed by atoms with Gasteiger partial charge < -0.3 is 10.8 Å². The molecular formula is C14H27NO2. The first kappa shape index (κ1) is 16.2. The maximum Gasteiger partial charge on any atom is 0.327 e. The average Bonchev–Trinajstić information content (AvgIpc) is 2.30. The van der Waals surface area contributed by atoms with E-state index in [1.807, 2.05) is 0 Å². The Bertz CT molecular complexity index is 202. The van der Waals surface area contributed by atoms with Gasteiger partial charge in [-0.15, -0.1) is 0 Å². The van der Waals surface area contributed by atoms with E-state index in [1.165, 1.54) is 51.0 Å². The zero-order valence-electron chi connectivity index (χ0n) is 10.9. The van der Waals surface area contributed by atoms with E-state index in [9.17, 15) is 4.79 Å². The second kappa shape index (κ2) is 13.2. The van der Waals surface area contributed by atoms with Crippen LogP contribution in [0.4, 0.5) is 0 Å². The van der Waals surface area contributed by atoms with Crippen LogP contribution in [0.5, 0.6) is 0 Å². The molecule has 0 spiro atoms. The number of allylic oxidation sites excluding steroid dienone is 1. The molecule has 0 aromatic heterocycles. The van der Waals surface area contributed by atoms with Gasteiger partial charge in [-0.2, -0.15) is 0 Å². The molecule has 0 heterocycles. The SMILES string of the molecule is NCCCCCCCCCCC/C=C/C(=O)O. The van der Waals surface area contributed by atoms with Gasteiger partial charge in [-0.25, -0.2) is 4.79 Å². The number of unbranched alkanes of at least 4 members (excludes halogenated alkanes) is 9. The van der Waals surface area contributed by atoms with Crippen molar-refractivity contribution in [2.75, 3.05) is 6.54 Å². The first-order valence-corrected chi connectivity index (χ1v) is 6.87. The van der Waals surface area contributed by atoms with E-state index in [0.717, 1.165) is 25.8 Å². The normalized spacial score (nSPS) is 11.1. The number of aliphatic carboxylic acids is 1. The smallest absolute Gasteiger partial charge is 0.327 e. The molecule has 0 unspecified atom stereocenters. The molecule has 3 heteroatoms. The first-order chi connectivity index (χ1) is 8.27. The van der Waals surface area contributed by atoms with Crippen LogP contribution >= 0.6 is 0 Å². The molecule has 3 nitrogen and oxygen atoms in total. The average molecular weight is 241 g/mol. The van der Waals surface area contributed by atoms with E-state index in [1.54, 1.807) is 6.08 Å². The number of hydrogen-bond donors (Lipinski definition) is 2. The molecule has 0 atom stereocenters. The van der Waals surface area contributed by atoms with E-state index in [4.69, 9.17) is 10.8 Å². The Hall–Kier alpha value is -0.830. The molecular weight excluding hydrogens is 214 g/mol. The zero-order valence-corrected chi connectivity index (χ0v) is 10.9. The fourth-order valence-electron chi connectivity index (χ4n) is 1.83. The Morgan fingerprint density at radius 1 is 0.882 bits per heavy atom. The molecule has 0 saturated heterocycles. The number of rotatable bonds is 12. The molecule has 0 rings (SSSR count). The first-order valence-electron chi connectivity index (χ1n) is 6.87. The Morgan fingerprint density at radius 2 is 1.35 bits per heavy atom. The number of carbonyl (C=O) groups is 1. The van der Waals surface area contributed by atoms with Gasteiger partial charge in [0.1, 0.15) is 0 Å². The van der Waals surface area contributed by atoms with E-state index >= 15 is 0 Å². The van der Waals surface area contributed by atoms with Crippen molar-refractivity contribution in [3.05, 3.63) is 12.2 Å². The van der Waals surface area contributed by atoms with Crippen molar-refractivity contribution in [3.63, 3.8) is 0 Å². The van der Waals surface area contributed by atoms with Gasteiger partial charge in [0.25, 0.3) is 0 Å². The van der Waals surface area contributed by atoms with Gasteiger partial charge in [0.2, 0.25) is 0 Å². The summed E-state index contributed by atoms with van der Waals surface area (Å²) in [6.45, 7) is 0.823. The molecule has 0 bridgehead atoms. The summed E-state index contributed by atoms with van der Waals surface area (Å²) in [7, 11) is 0. The molecule has 0 aliphatic carbocycles. The van der Waals surface area contributed by atoms with Gasteiger partial charge in [0, 0.05) is 6.08 Å². The Labute approximate surface area is 105 Å². The number of carboxylic acids is 1. The topological polar surface area (TPSA) is 63.3 Å². The van der Waals surface area contributed by atoms with Gasteiger partial charge in [0.15, 0.2) is 0 Å². The summed E-state index contributed by atoms with van der Waals surface area (Å²) in [6, 6.07) is 0. The lowest BCUT2D eigenvalue weighted by atomic mass is 10.1. The van der Waals surface area contributed by atoms with Gasteiger partial charge in [-0.1, -0.05) is 51.0 Å². The van der Waals surface area contributed by atoms with E-state index in [-0.39, 0.29) is 0 Å². The Morgan fingerprint density at radius 3 is 1.82 bits per heavy atom. The lowest BCUT2D eigenvalue weighted by Gasteiger charge is -2.01. The highest BCUT2D eigenvalue weighted by Crippen LogP contribution is 2.10. The fraction of sp³-hybridized carbons (Fsp3) is 0.786. The van der Waals surface area contributed by atoms with E-state index in [2.05, 4.69) is 0 Å². The predicted octanol–water partition coefficient (Wildman–Crippen LogP) is 3.49. The largest absolute Gasteiger partial charge is 0.478 e. The molecule has 0 saturated carbocycles. The second-order valence-corrected chi connectivity index (χ2v) is 4.50. The van der Waals surface area contributed by atoms with Gasteiger partial charge >= 0.3 is 5.97 Å². The van der Waals surface area contributed by atoms with Crippen molar-refractivity contribution >= 4 is 5.97 Å². The maximum atomic E-state index is 10.2. The fourth-order valence-corrected chi connectivity index (χ4v) is 1.83.